The van der Waals surface area contributed by atoms with Gasteiger partial charge in [0.25, 0.3) is 5.56 Å². The van der Waals surface area contributed by atoms with Crippen LogP contribution in [0.2, 0.25) is 0 Å². The van der Waals surface area contributed by atoms with Crippen LogP contribution in [0.4, 0.5) is 0 Å². The van der Waals surface area contributed by atoms with Crippen LogP contribution in [0.1, 0.15) is 12.0 Å². The molecule has 0 aliphatic carbocycles. The number of thioether (sulfide) groups is 1. The normalized spacial score (nSPS) is 11.1. The summed E-state index contributed by atoms with van der Waals surface area (Å²) < 4.78 is 8.41. The zero-order chi connectivity index (χ0) is 23.9. The number of aromatic nitrogens is 3. The van der Waals surface area contributed by atoms with Gasteiger partial charge < -0.3 is 14.6 Å². The lowest BCUT2D eigenvalue weighted by Crippen LogP contribution is -2.29. The molecule has 8 heteroatoms. The van der Waals surface area contributed by atoms with E-state index in [1.165, 1.54) is 4.90 Å². The first-order chi connectivity index (χ1) is 16.6. The van der Waals surface area contributed by atoms with Crippen molar-refractivity contribution in [3.63, 3.8) is 0 Å². The van der Waals surface area contributed by atoms with Crippen LogP contribution in [0.5, 0.6) is 0 Å². The number of benzene rings is 2. The van der Waals surface area contributed by atoms with Gasteiger partial charge in [-0.25, -0.2) is 4.98 Å². The molecule has 2 aromatic carbocycles. The van der Waals surface area contributed by atoms with E-state index in [-0.39, 0.29) is 18.0 Å². The lowest BCUT2D eigenvalue weighted by molar-refractivity contribution is -0.121. The number of hydrogen-bond acceptors (Lipinski definition) is 5. The molecule has 4 aromatic rings. The predicted octanol–water partition coefficient (Wildman–Crippen LogP) is 3.94. The Morgan fingerprint density at radius 1 is 1.09 bits per heavy atom. The second-order valence-electron chi connectivity index (χ2n) is 7.95. The number of methoxy groups -OCH3 is 1. The van der Waals surface area contributed by atoms with Crippen LogP contribution >= 0.6 is 11.8 Å². The largest absolute Gasteiger partial charge is 0.385 e. The summed E-state index contributed by atoms with van der Waals surface area (Å²) >= 11 is 1.68. The van der Waals surface area contributed by atoms with Crippen molar-refractivity contribution in [2.75, 3.05) is 20.0 Å². The van der Waals surface area contributed by atoms with Gasteiger partial charge in [-0.2, -0.15) is 0 Å². The monoisotopic (exact) mass is 476 g/mol. The summed E-state index contributed by atoms with van der Waals surface area (Å²) in [5, 5.41) is 2.96. The minimum Gasteiger partial charge on any atom is -0.385 e. The van der Waals surface area contributed by atoms with Gasteiger partial charge in [0, 0.05) is 43.5 Å². The molecule has 4 rings (SSSR count). The van der Waals surface area contributed by atoms with Crippen molar-refractivity contribution in [2.45, 2.75) is 31.0 Å². The van der Waals surface area contributed by atoms with E-state index in [9.17, 15) is 9.59 Å². The van der Waals surface area contributed by atoms with E-state index in [1.54, 1.807) is 34.3 Å². The van der Waals surface area contributed by atoms with Crippen LogP contribution in [0.3, 0.4) is 0 Å². The van der Waals surface area contributed by atoms with Crippen LogP contribution in [0.25, 0.3) is 22.2 Å². The molecule has 1 N–H and O–H groups in total. The van der Waals surface area contributed by atoms with Gasteiger partial charge in [-0.3, -0.25) is 14.2 Å². The zero-order valence-electron chi connectivity index (χ0n) is 19.4. The van der Waals surface area contributed by atoms with Gasteiger partial charge in [0.15, 0.2) is 0 Å². The van der Waals surface area contributed by atoms with E-state index in [2.05, 4.69) is 10.3 Å². The van der Waals surface area contributed by atoms with Crippen LogP contribution < -0.4 is 10.9 Å². The summed E-state index contributed by atoms with van der Waals surface area (Å²) in [5.74, 6) is -0.167. The molecular formula is C26H28N4O3S. The molecule has 0 bridgehead atoms. The Labute approximate surface area is 202 Å². The first kappa shape index (κ1) is 23.8. The number of amides is 1. The Hall–Kier alpha value is -3.36. The fourth-order valence-corrected chi connectivity index (χ4v) is 4.27. The number of nitrogens with one attached hydrogen (secondary N) is 1. The molecule has 0 radical (unpaired) electrons. The highest BCUT2D eigenvalue weighted by Gasteiger charge is 2.18. The van der Waals surface area contributed by atoms with Gasteiger partial charge in [-0.1, -0.05) is 42.5 Å². The smallest absolute Gasteiger partial charge is 0.277 e. The molecule has 0 aliphatic rings. The Bertz CT molecular complexity index is 1310. The fourth-order valence-electron chi connectivity index (χ4n) is 3.86. The Morgan fingerprint density at radius 2 is 1.85 bits per heavy atom. The Morgan fingerprint density at radius 3 is 2.56 bits per heavy atom. The van der Waals surface area contributed by atoms with Crippen LogP contribution in [0.15, 0.2) is 76.8 Å². The number of ether oxygens (including phenoxy) is 1. The highest BCUT2D eigenvalue weighted by atomic mass is 32.2. The maximum absolute atomic E-state index is 13.3. The lowest BCUT2D eigenvalue weighted by Gasteiger charge is -2.09. The van der Waals surface area contributed by atoms with Crippen molar-refractivity contribution in [1.82, 2.24) is 19.4 Å². The third-order valence-electron chi connectivity index (χ3n) is 5.64. The number of carbonyl (C=O) groups excluding carboxylic acids is 1. The average Bonchev–Trinajstić information content (AvgIpc) is 3.24. The molecule has 0 fully saturated rings. The van der Waals surface area contributed by atoms with E-state index < -0.39 is 0 Å². The van der Waals surface area contributed by atoms with Crippen molar-refractivity contribution in [2.24, 2.45) is 0 Å². The molecule has 2 aromatic heterocycles. The van der Waals surface area contributed by atoms with Crippen molar-refractivity contribution < 1.29 is 9.53 Å². The number of fused-ring (bicyclic) bond motifs is 1. The molecule has 34 heavy (non-hydrogen) atoms. The van der Waals surface area contributed by atoms with Crippen LogP contribution in [-0.2, 0) is 29.2 Å². The lowest BCUT2D eigenvalue weighted by atomic mass is 10.1. The van der Waals surface area contributed by atoms with Crippen molar-refractivity contribution in [3.8, 4) is 11.1 Å². The first-order valence-corrected chi connectivity index (χ1v) is 12.4. The molecule has 2 heterocycles. The minimum absolute atomic E-state index is 0.0330. The standard InChI is InChI=1S/C26H28N4O3S/c1-33-14-6-13-29-18-28-24-22(20-7-4-3-5-8-20)16-30(25(24)26(29)32)17-23(31)27-15-19-9-11-21(34-2)12-10-19/h3-5,7-12,16,18H,6,13-15,17H2,1-2H3,(H,27,31). The van der Waals surface area contributed by atoms with Gasteiger partial charge in [0.1, 0.15) is 17.6 Å². The Balaban J connectivity index is 1.62. The van der Waals surface area contributed by atoms with Crippen molar-refractivity contribution in [3.05, 3.63) is 83.0 Å². The molecule has 7 nitrogen and oxygen atoms in total. The van der Waals surface area contributed by atoms with Gasteiger partial charge in [-0.05, 0) is 35.9 Å². The summed E-state index contributed by atoms with van der Waals surface area (Å²) in [6.45, 7) is 1.52. The van der Waals surface area contributed by atoms with Crippen molar-refractivity contribution >= 4 is 28.7 Å². The third kappa shape index (κ3) is 5.40. The van der Waals surface area contributed by atoms with Crippen LogP contribution in [0, 0.1) is 0 Å². The average molecular weight is 477 g/mol. The van der Waals surface area contributed by atoms with Gasteiger partial charge in [0.2, 0.25) is 5.91 Å². The topological polar surface area (TPSA) is 78.2 Å². The Kier molecular flexibility index (Phi) is 7.82. The number of rotatable bonds is 10. The molecule has 0 saturated heterocycles. The van der Waals surface area contributed by atoms with E-state index in [0.29, 0.717) is 37.2 Å². The summed E-state index contributed by atoms with van der Waals surface area (Å²) in [6.07, 6.45) is 6.16. The summed E-state index contributed by atoms with van der Waals surface area (Å²) in [7, 11) is 1.64. The first-order valence-electron chi connectivity index (χ1n) is 11.1. The molecule has 0 spiro atoms. The summed E-state index contributed by atoms with van der Waals surface area (Å²) in [4.78, 5) is 31.9. The summed E-state index contributed by atoms with van der Waals surface area (Å²) in [5.41, 5.74) is 3.67. The van der Waals surface area contributed by atoms with Gasteiger partial charge >= 0.3 is 0 Å². The molecule has 0 unspecified atom stereocenters. The quantitative estimate of drug-likeness (QED) is 0.277. The molecule has 176 valence electrons. The van der Waals surface area contributed by atoms with E-state index >= 15 is 0 Å². The number of aryl methyl sites for hydroxylation is 1. The maximum Gasteiger partial charge on any atom is 0.277 e. The van der Waals surface area contributed by atoms with Crippen molar-refractivity contribution in [1.29, 1.82) is 0 Å². The minimum atomic E-state index is -0.167. The molecule has 0 atom stereocenters. The van der Waals surface area contributed by atoms with Gasteiger partial charge in [-0.15, -0.1) is 11.8 Å². The highest BCUT2D eigenvalue weighted by molar-refractivity contribution is 7.98. The third-order valence-corrected chi connectivity index (χ3v) is 6.38. The van der Waals surface area contributed by atoms with E-state index in [1.807, 2.05) is 67.0 Å². The maximum atomic E-state index is 13.3. The SMILES string of the molecule is COCCCn1cnc2c(-c3ccccc3)cn(CC(=O)NCc3ccc(SC)cc3)c2c1=O. The number of hydrogen-bond donors (Lipinski definition) is 1. The number of carbonyl (C=O) groups is 1. The highest BCUT2D eigenvalue weighted by Crippen LogP contribution is 2.27. The molecule has 0 saturated carbocycles. The predicted molar refractivity (Wildman–Crippen MR) is 136 cm³/mol. The summed E-state index contributed by atoms with van der Waals surface area (Å²) in [6, 6.07) is 17.9. The molecule has 1 amide bonds. The number of nitrogens with zero attached hydrogens (tertiary/aromatic N) is 3. The van der Waals surface area contributed by atoms with Crippen LogP contribution in [-0.4, -0.2) is 40.0 Å². The van der Waals surface area contributed by atoms with Gasteiger partial charge in [0.05, 0.1) is 6.33 Å². The zero-order valence-corrected chi connectivity index (χ0v) is 20.2. The second kappa shape index (κ2) is 11.2. The van der Waals surface area contributed by atoms with E-state index in [0.717, 1.165) is 16.7 Å². The fraction of sp³-hybridized carbons (Fsp3) is 0.269. The second-order valence-corrected chi connectivity index (χ2v) is 8.83. The van der Waals surface area contributed by atoms with E-state index in [4.69, 9.17) is 4.74 Å². The molecular weight excluding hydrogens is 448 g/mol. The molecule has 0 aliphatic heterocycles.